The Hall–Kier alpha value is -1.54. The number of carboxylic acids is 1. The van der Waals surface area contributed by atoms with Crippen LogP contribution in [0.5, 0.6) is 0 Å². The summed E-state index contributed by atoms with van der Waals surface area (Å²) < 4.78 is 51.7. The van der Waals surface area contributed by atoms with Crippen molar-refractivity contribution in [1.82, 2.24) is 4.72 Å². The van der Waals surface area contributed by atoms with Crippen LogP contribution in [0.4, 0.5) is 8.78 Å². The Balaban J connectivity index is 2.32. The number of hydrogen-bond acceptors (Lipinski definition) is 3. The van der Waals surface area contributed by atoms with Crippen LogP contribution in [0, 0.1) is 11.6 Å². The summed E-state index contributed by atoms with van der Waals surface area (Å²) in [5.74, 6) is -3.75. The van der Waals surface area contributed by atoms with E-state index in [1.807, 2.05) is 0 Å². The Labute approximate surface area is 108 Å². The van der Waals surface area contributed by atoms with Crippen molar-refractivity contribution in [1.29, 1.82) is 0 Å². The van der Waals surface area contributed by atoms with Gasteiger partial charge in [0.2, 0.25) is 10.0 Å². The lowest BCUT2D eigenvalue weighted by Gasteiger charge is -2.37. The summed E-state index contributed by atoms with van der Waals surface area (Å²) in [6.45, 7) is 0. The van der Waals surface area contributed by atoms with E-state index in [-0.39, 0.29) is 12.8 Å². The van der Waals surface area contributed by atoms with Gasteiger partial charge in [0.1, 0.15) is 5.54 Å². The smallest absolute Gasteiger partial charge is 0.324 e. The summed E-state index contributed by atoms with van der Waals surface area (Å²) >= 11 is 0. The second-order valence-electron chi connectivity index (χ2n) is 4.42. The SMILES string of the molecule is O=C(O)C1(NS(=O)(=O)c2ccc(F)c(F)c2)CCC1. The molecule has 104 valence electrons. The quantitative estimate of drug-likeness (QED) is 0.874. The number of sulfonamides is 1. The minimum Gasteiger partial charge on any atom is -0.480 e. The number of aliphatic carboxylic acids is 1. The molecule has 2 N–H and O–H groups in total. The van der Waals surface area contributed by atoms with Gasteiger partial charge in [-0.3, -0.25) is 4.79 Å². The number of halogens is 2. The first-order chi connectivity index (χ1) is 8.77. The van der Waals surface area contributed by atoms with Gasteiger partial charge in [-0.15, -0.1) is 0 Å². The monoisotopic (exact) mass is 291 g/mol. The zero-order valence-corrected chi connectivity index (χ0v) is 10.5. The van der Waals surface area contributed by atoms with Gasteiger partial charge in [0, 0.05) is 0 Å². The van der Waals surface area contributed by atoms with Crippen molar-refractivity contribution in [3.05, 3.63) is 29.8 Å². The van der Waals surface area contributed by atoms with Crippen LogP contribution < -0.4 is 4.72 Å². The minimum atomic E-state index is -4.20. The van der Waals surface area contributed by atoms with Gasteiger partial charge >= 0.3 is 5.97 Å². The highest BCUT2D eigenvalue weighted by Gasteiger charge is 2.47. The number of benzene rings is 1. The van der Waals surface area contributed by atoms with Crippen molar-refractivity contribution in [2.24, 2.45) is 0 Å². The average Bonchev–Trinajstić information content (AvgIpc) is 2.26. The van der Waals surface area contributed by atoms with Crippen LogP contribution in [-0.4, -0.2) is 25.0 Å². The molecule has 1 aromatic rings. The largest absolute Gasteiger partial charge is 0.480 e. The van der Waals surface area contributed by atoms with E-state index in [0.717, 1.165) is 6.07 Å². The maximum absolute atomic E-state index is 13.0. The third-order valence-electron chi connectivity index (χ3n) is 3.15. The van der Waals surface area contributed by atoms with Gasteiger partial charge in [0.15, 0.2) is 11.6 Å². The molecule has 0 aliphatic heterocycles. The first kappa shape index (κ1) is 13.9. The van der Waals surface area contributed by atoms with Gasteiger partial charge in [-0.2, -0.15) is 4.72 Å². The molecule has 1 saturated carbocycles. The van der Waals surface area contributed by atoms with Crippen LogP contribution in [0.25, 0.3) is 0 Å². The second kappa shape index (κ2) is 4.53. The third-order valence-corrected chi connectivity index (χ3v) is 4.68. The fourth-order valence-electron chi connectivity index (χ4n) is 1.85. The van der Waals surface area contributed by atoms with E-state index in [0.29, 0.717) is 18.6 Å². The molecular weight excluding hydrogens is 280 g/mol. The Bertz CT molecular complexity index is 626. The number of rotatable bonds is 4. The maximum atomic E-state index is 13.0. The average molecular weight is 291 g/mol. The fourth-order valence-corrected chi connectivity index (χ4v) is 3.28. The van der Waals surface area contributed by atoms with E-state index in [9.17, 15) is 22.0 Å². The Morgan fingerprint density at radius 2 is 1.89 bits per heavy atom. The molecule has 0 saturated heterocycles. The van der Waals surface area contributed by atoms with Gasteiger partial charge < -0.3 is 5.11 Å². The summed E-state index contributed by atoms with van der Waals surface area (Å²) in [5, 5.41) is 9.03. The summed E-state index contributed by atoms with van der Waals surface area (Å²) in [7, 11) is -4.20. The summed E-state index contributed by atoms with van der Waals surface area (Å²) in [4.78, 5) is 10.6. The van der Waals surface area contributed by atoms with Gasteiger partial charge in [-0.25, -0.2) is 17.2 Å². The number of nitrogens with one attached hydrogen (secondary N) is 1. The molecule has 1 aliphatic rings. The molecule has 8 heteroatoms. The first-order valence-electron chi connectivity index (χ1n) is 5.49. The molecular formula is C11H11F2NO4S. The first-order valence-corrected chi connectivity index (χ1v) is 6.98. The van der Waals surface area contributed by atoms with Gasteiger partial charge in [0.05, 0.1) is 4.90 Å². The molecule has 0 aromatic heterocycles. The third kappa shape index (κ3) is 2.45. The number of hydrogen-bond donors (Lipinski definition) is 2. The highest BCUT2D eigenvalue weighted by Crippen LogP contribution is 2.33. The van der Waals surface area contributed by atoms with Crippen LogP contribution in [0.1, 0.15) is 19.3 Å². The predicted octanol–water partition coefficient (Wildman–Crippen LogP) is 1.25. The van der Waals surface area contributed by atoms with Crippen molar-refractivity contribution in [3.63, 3.8) is 0 Å². The number of carbonyl (C=O) groups is 1. The zero-order chi connectivity index (χ0) is 14.3. The van der Waals surface area contributed by atoms with Crippen LogP contribution in [-0.2, 0) is 14.8 Å². The van der Waals surface area contributed by atoms with E-state index in [1.54, 1.807) is 0 Å². The summed E-state index contributed by atoms with van der Waals surface area (Å²) in [6.07, 6.45) is 0.934. The van der Waals surface area contributed by atoms with Crippen LogP contribution in [0.2, 0.25) is 0 Å². The Kier molecular flexibility index (Phi) is 3.31. The maximum Gasteiger partial charge on any atom is 0.324 e. The Morgan fingerprint density at radius 3 is 2.32 bits per heavy atom. The zero-order valence-electron chi connectivity index (χ0n) is 9.69. The summed E-state index contributed by atoms with van der Waals surface area (Å²) in [6, 6.07) is 2.08. The van der Waals surface area contributed by atoms with Gasteiger partial charge in [-0.1, -0.05) is 0 Å². The van der Waals surface area contributed by atoms with E-state index >= 15 is 0 Å². The molecule has 0 atom stereocenters. The molecule has 0 heterocycles. The molecule has 0 bridgehead atoms. The van der Waals surface area contributed by atoms with Crippen molar-refractivity contribution in [2.75, 3.05) is 0 Å². The molecule has 0 amide bonds. The van der Waals surface area contributed by atoms with Crippen LogP contribution in [0.3, 0.4) is 0 Å². The van der Waals surface area contributed by atoms with E-state index < -0.39 is 38.1 Å². The topological polar surface area (TPSA) is 83.5 Å². The normalized spacial score (nSPS) is 17.8. The van der Waals surface area contributed by atoms with Crippen molar-refractivity contribution in [2.45, 2.75) is 29.7 Å². The van der Waals surface area contributed by atoms with E-state index in [4.69, 9.17) is 5.11 Å². The van der Waals surface area contributed by atoms with Gasteiger partial charge in [0.25, 0.3) is 0 Å². The van der Waals surface area contributed by atoms with Gasteiger partial charge in [-0.05, 0) is 37.5 Å². The minimum absolute atomic E-state index is 0.172. The predicted molar refractivity (Wildman–Crippen MR) is 60.9 cm³/mol. The standard InChI is InChI=1S/C11H11F2NO4S/c12-8-3-2-7(6-9(8)13)19(17,18)14-11(10(15)16)4-1-5-11/h2-3,6,14H,1,4-5H2,(H,15,16). The number of carboxylic acid groups (broad SMARTS) is 1. The van der Waals surface area contributed by atoms with Crippen LogP contribution >= 0.6 is 0 Å². The Morgan fingerprint density at radius 1 is 1.26 bits per heavy atom. The molecule has 1 aromatic carbocycles. The van der Waals surface area contributed by atoms with E-state index in [2.05, 4.69) is 4.72 Å². The highest BCUT2D eigenvalue weighted by atomic mass is 32.2. The van der Waals surface area contributed by atoms with Crippen LogP contribution in [0.15, 0.2) is 23.1 Å². The van der Waals surface area contributed by atoms with Crippen molar-refractivity contribution < 1.29 is 27.1 Å². The van der Waals surface area contributed by atoms with E-state index in [1.165, 1.54) is 0 Å². The lowest BCUT2D eigenvalue weighted by atomic mass is 9.78. The molecule has 1 fully saturated rings. The molecule has 0 unspecified atom stereocenters. The lowest BCUT2D eigenvalue weighted by Crippen LogP contribution is -2.58. The molecule has 2 rings (SSSR count). The summed E-state index contributed by atoms with van der Waals surface area (Å²) in [5.41, 5.74) is -1.54. The molecule has 5 nitrogen and oxygen atoms in total. The lowest BCUT2D eigenvalue weighted by molar-refractivity contribution is -0.147. The molecule has 19 heavy (non-hydrogen) atoms. The second-order valence-corrected chi connectivity index (χ2v) is 6.10. The van der Waals surface area contributed by atoms with Crippen molar-refractivity contribution >= 4 is 16.0 Å². The van der Waals surface area contributed by atoms with Crippen molar-refractivity contribution in [3.8, 4) is 0 Å². The molecule has 1 aliphatic carbocycles. The highest BCUT2D eigenvalue weighted by molar-refractivity contribution is 7.89. The molecule has 0 spiro atoms. The fraction of sp³-hybridized carbons (Fsp3) is 0.364. The molecule has 0 radical (unpaired) electrons.